The third-order valence-electron chi connectivity index (χ3n) is 2.15. The van der Waals surface area contributed by atoms with E-state index in [1.165, 1.54) is 6.20 Å². The fraction of sp³-hybridized carbons (Fsp3) is 0.154. The minimum atomic E-state index is -0.919. The number of carbonyl (C=O) groups is 1. The van der Waals surface area contributed by atoms with E-state index in [0.717, 1.165) is 11.1 Å². The predicted molar refractivity (Wildman–Crippen MR) is 64.9 cm³/mol. The minimum Gasteiger partial charge on any atom is -0.478 e. The van der Waals surface area contributed by atoms with E-state index in [1.807, 2.05) is 30.3 Å². The second-order valence-corrected chi connectivity index (χ2v) is 3.48. The molecule has 84 valence electrons. The van der Waals surface area contributed by atoms with Gasteiger partial charge in [0.15, 0.2) is 0 Å². The Morgan fingerprint density at radius 3 is 2.62 bits per heavy atom. The zero-order valence-electron chi connectivity index (χ0n) is 9.23. The molecule has 0 aromatic heterocycles. The van der Waals surface area contributed by atoms with Crippen molar-refractivity contribution in [1.82, 2.24) is 5.32 Å². The van der Waals surface area contributed by atoms with Gasteiger partial charge in [0.25, 0.3) is 0 Å². The van der Waals surface area contributed by atoms with Gasteiger partial charge < -0.3 is 10.4 Å². The fourth-order valence-electron chi connectivity index (χ4n) is 1.16. The molecular weight excluding hydrogens is 202 g/mol. The molecule has 0 spiro atoms. The highest BCUT2D eigenvalue weighted by molar-refractivity contribution is 5.85. The molecular formula is C13H15NO2. The largest absolute Gasteiger partial charge is 0.478 e. The van der Waals surface area contributed by atoms with Crippen LogP contribution in [0.25, 0.3) is 5.57 Å². The highest BCUT2D eigenvalue weighted by Gasteiger charge is 1.99. The molecule has 3 heteroatoms. The molecule has 0 bridgehead atoms. The first-order valence-corrected chi connectivity index (χ1v) is 4.98. The maximum Gasteiger partial charge on any atom is 0.332 e. The first kappa shape index (κ1) is 12.0. The van der Waals surface area contributed by atoms with Crippen LogP contribution >= 0.6 is 0 Å². The van der Waals surface area contributed by atoms with Crippen molar-refractivity contribution in [2.45, 2.75) is 6.92 Å². The standard InChI is InChI=1S/C13H15NO2/c1-10(12-6-4-3-5-7-12)8-14-9-11(2)13(15)16/h3-7,9,14H,1,8H2,2H3,(H,15,16). The Morgan fingerprint density at radius 1 is 1.44 bits per heavy atom. The first-order valence-electron chi connectivity index (χ1n) is 4.98. The van der Waals surface area contributed by atoms with Gasteiger partial charge in [-0.2, -0.15) is 0 Å². The van der Waals surface area contributed by atoms with Crippen LogP contribution in [0.3, 0.4) is 0 Å². The molecule has 0 saturated carbocycles. The highest BCUT2D eigenvalue weighted by atomic mass is 16.4. The maximum absolute atomic E-state index is 10.5. The summed E-state index contributed by atoms with van der Waals surface area (Å²) < 4.78 is 0. The van der Waals surface area contributed by atoms with E-state index < -0.39 is 5.97 Å². The molecule has 1 aromatic carbocycles. The van der Waals surface area contributed by atoms with Crippen LogP contribution in [-0.4, -0.2) is 17.6 Å². The summed E-state index contributed by atoms with van der Waals surface area (Å²) >= 11 is 0. The van der Waals surface area contributed by atoms with Crippen molar-refractivity contribution < 1.29 is 9.90 Å². The number of carboxylic acids is 1. The molecule has 2 N–H and O–H groups in total. The number of hydrogen-bond acceptors (Lipinski definition) is 2. The third kappa shape index (κ3) is 3.61. The number of rotatable bonds is 5. The van der Waals surface area contributed by atoms with Crippen LogP contribution in [0.1, 0.15) is 12.5 Å². The van der Waals surface area contributed by atoms with Gasteiger partial charge in [-0.3, -0.25) is 0 Å². The van der Waals surface area contributed by atoms with Crippen molar-refractivity contribution in [1.29, 1.82) is 0 Å². The lowest BCUT2D eigenvalue weighted by atomic mass is 10.1. The van der Waals surface area contributed by atoms with Gasteiger partial charge in [0, 0.05) is 18.3 Å². The average Bonchev–Trinajstić information content (AvgIpc) is 2.29. The highest BCUT2D eigenvalue weighted by Crippen LogP contribution is 2.09. The third-order valence-corrected chi connectivity index (χ3v) is 2.15. The van der Waals surface area contributed by atoms with Gasteiger partial charge in [0.05, 0.1) is 0 Å². The summed E-state index contributed by atoms with van der Waals surface area (Å²) in [5, 5.41) is 11.6. The van der Waals surface area contributed by atoms with Crippen molar-refractivity contribution in [2.24, 2.45) is 0 Å². The Hall–Kier alpha value is -2.03. The molecule has 0 amide bonds. The zero-order chi connectivity index (χ0) is 12.0. The molecule has 0 aliphatic heterocycles. The summed E-state index contributed by atoms with van der Waals surface area (Å²) in [6, 6.07) is 9.77. The Bertz CT molecular complexity index is 407. The van der Waals surface area contributed by atoms with Gasteiger partial charge in [-0.25, -0.2) is 4.79 Å². The lowest BCUT2D eigenvalue weighted by molar-refractivity contribution is -0.132. The van der Waals surface area contributed by atoms with Crippen molar-refractivity contribution in [3.8, 4) is 0 Å². The molecule has 0 aliphatic carbocycles. The second-order valence-electron chi connectivity index (χ2n) is 3.48. The molecule has 1 rings (SSSR count). The molecule has 3 nitrogen and oxygen atoms in total. The molecule has 0 radical (unpaired) electrons. The number of hydrogen-bond donors (Lipinski definition) is 2. The Morgan fingerprint density at radius 2 is 2.06 bits per heavy atom. The molecule has 0 heterocycles. The Kier molecular flexibility index (Phi) is 4.33. The lowest BCUT2D eigenvalue weighted by Gasteiger charge is -2.06. The summed E-state index contributed by atoms with van der Waals surface area (Å²) in [5.41, 5.74) is 2.26. The Balaban J connectivity index is 2.49. The summed E-state index contributed by atoms with van der Waals surface area (Å²) in [6.45, 7) is 6.01. The number of benzene rings is 1. The lowest BCUT2D eigenvalue weighted by Crippen LogP contribution is -2.11. The van der Waals surface area contributed by atoms with Crippen LogP contribution in [0, 0.1) is 0 Å². The van der Waals surface area contributed by atoms with Gasteiger partial charge in [0.1, 0.15) is 0 Å². The van der Waals surface area contributed by atoms with Crippen LogP contribution in [0.15, 0.2) is 48.7 Å². The molecule has 0 fully saturated rings. The molecule has 0 atom stereocenters. The van der Waals surface area contributed by atoms with Crippen LogP contribution in [0.5, 0.6) is 0 Å². The quantitative estimate of drug-likeness (QED) is 0.744. The van der Waals surface area contributed by atoms with Crippen LogP contribution in [0.2, 0.25) is 0 Å². The van der Waals surface area contributed by atoms with Crippen molar-refractivity contribution in [2.75, 3.05) is 6.54 Å². The van der Waals surface area contributed by atoms with E-state index in [1.54, 1.807) is 6.92 Å². The monoisotopic (exact) mass is 217 g/mol. The maximum atomic E-state index is 10.5. The van der Waals surface area contributed by atoms with Gasteiger partial charge in [-0.1, -0.05) is 36.9 Å². The van der Waals surface area contributed by atoms with E-state index in [0.29, 0.717) is 6.54 Å². The second kappa shape index (κ2) is 5.75. The summed E-state index contributed by atoms with van der Waals surface area (Å²) in [7, 11) is 0. The number of aliphatic carboxylic acids is 1. The van der Waals surface area contributed by atoms with Crippen LogP contribution in [0.4, 0.5) is 0 Å². The Labute approximate surface area is 95.1 Å². The fourth-order valence-corrected chi connectivity index (χ4v) is 1.16. The van der Waals surface area contributed by atoms with Gasteiger partial charge in [0.2, 0.25) is 0 Å². The topological polar surface area (TPSA) is 49.3 Å². The van der Waals surface area contributed by atoms with E-state index in [9.17, 15) is 4.79 Å². The zero-order valence-corrected chi connectivity index (χ0v) is 9.23. The van der Waals surface area contributed by atoms with Gasteiger partial charge >= 0.3 is 5.97 Å². The first-order chi connectivity index (χ1) is 7.61. The SMILES string of the molecule is C=C(CNC=C(C)C(=O)O)c1ccccc1. The van der Waals surface area contributed by atoms with Crippen LogP contribution in [-0.2, 0) is 4.79 Å². The van der Waals surface area contributed by atoms with Gasteiger partial charge in [-0.15, -0.1) is 0 Å². The van der Waals surface area contributed by atoms with Crippen molar-refractivity contribution >= 4 is 11.5 Å². The normalized spacial score (nSPS) is 10.9. The van der Waals surface area contributed by atoms with E-state index in [4.69, 9.17) is 5.11 Å². The van der Waals surface area contributed by atoms with Crippen molar-refractivity contribution in [3.63, 3.8) is 0 Å². The summed E-state index contributed by atoms with van der Waals surface area (Å²) in [6.07, 6.45) is 1.48. The van der Waals surface area contributed by atoms with Gasteiger partial charge in [-0.05, 0) is 18.1 Å². The number of nitrogens with one attached hydrogen (secondary N) is 1. The molecule has 1 aromatic rings. The average molecular weight is 217 g/mol. The van der Waals surface area contributed by atoms with Crippen molar-refractivity contribution in [3.05, 3.63) is 54.2 Å². The number of carboxylic acid groups (broad SMARTS) is 1. The predicted octanol–water partition coefficient (Wildman–Crippen LogP) is 2.28. The van der Waals surface area contributed by atoms with E-state index >= 15 is 0 Å². The minimum absolute atomic E-state index is 0.279. The molecule has 0 unspecified atom stereocenters. The van der Waals surface area contributed by atoms with E-state index in [2.05, 4.69) is 11.9 Å². The molecule has 0 saturated heterocycles. The van der Waals surface area contributed by atoms with E-state index in [-0.39, 0.29) is 5.57 Å². The summed E-state index contributed by atoms with van der Waals surface area (Å²) in [4.78, 5) is 10.5. The van der Waals surface area contributed by atoms with Crippen LogP contribution < -0.4 is 5.32 Å². The molecule has 16 heavy (non-hydrogen) atoms. The summed E-state index contributed by atoms with van der Waals surface area (Å²) in [5.74, 6) is -0.919. The molecule has 0 aliphatic rings. The smallest absolute Gasteiger partial charge is 0.332 e.